The first kappa shape index (κ1) is 20.9. The Labute approximate surface area is 176 Å². The molecule has 10 heteroatoms. The van der Waals surface area contributed by atoms with Crippen molar-refractivity contribution in [2.45, 2.75) is 6.42 Å². The zero-order valence-corrected chi connectivity index (χ0v) is 17.0. The molecule has 30 heavy (non-hydrogen) atoms. The predicted molar refractivity (Wildman–Crippen MR) is 113 cm³/mol. The SMILES string of the molecule is COc1ccc(Cc2nnc(NC(=O)/C=C/c3ccccc3[N+](=O)[O-])s2)cc1OC. The molecule has 2 aromatic carbocycles. The molecule has 0 spiro atoms. The minimum Gasteiger partial charge on any atom is -0.493 e. The predicted octanol–water partition coefficient (Wildman–Crippen LogP) is 3.71. The number of amides is 1. The van der Waals surface area contributed by atoms with Crippen molar-refractivity contribution in [3.63, 3.8) is 0 Å². The fourth-order valence-electron chi connectivity index (χ4n) is 2.65. The van der Waals surface area contributed by atoms with E-state index in [-0.39, 0.29) is 5.69 Å². The van der Waals surface area contributed by atoms with Gasteiger partial charge in [-0.05, 0) is 29.8 Å². The van der Waals surface area contributed by atoms with Crippen LogP contribution in [0.15, 0.2) is 48.5 Å². The lowest BCUT2D eigenvalue weighted by Crippen LogP contribution is -2.07. The number of anilines is 1. The third kappa shape index (κ3) is 5.17. The molecule has 154 valence electrons. The van der Waals surface area contributed by atoms with Crippen LogP contribution in [0.3, 0.4) is 0 Å². The van der Waals surface area contributed by atoms with Gasteiger partial charge in [0, 0.05) is 18.6 Å². The lowest BCUT2D eigenvalue weighted by atomic mass is 10.1. The number of para-hydroxylation sites is 1. The largest absolute Gasteiger partial charge is 0.493 e. The molecule has 1 amide bonds. The highest BCUT2D eigenvalue weighted by atomic mass is 32.1. The van der Waals surface area contributed by atoms with Gasteiger partial charge in [-0.3, -0.25) is 20.2 Å². The Morgan fingerprint density at radius 3 is 2.67 bits per heavy atom. The topological polar surface area (TPSA) is 116 Å². The van der Waals surface area contributed by atoms with E-state index in [1.807, 2.05) is 18.2 Å². The molecular formula is C20H18N4O5S. The number of ether oxygens (including phenoxy) is 2. The number of hydrogen-bond donors (Lipinski definition) is 1. The first-order valence-corrected chi connectivity index (χ1v) is 9.57. The van der Waals surface area contributed by atoms with Crippen molar-refractivity contribution >= 4 is 34.1 Å². The highest BCUT2D eigenvalue weighted by Crippen LogP contribution is 2.29. The lowest BCUT2D eigenvalue weighted by Gasteiger charge is -2.08. The summed E-state index contributed by atoms with van der Waals surface area (Å²) in [6.45, 7) is 0. The normalized spacial score (nSPS) is 10.7. The van der Waals surface area contributed by atoms with Crippen LogP contribution in [-0.4, -0.2) is 35.2 Å². The first-order valence-electron chi connectivity index (χ1n) is 8.76. The molecule has 0 aliphatic heterocycles. The summed E-state index contributed by atoms with van der Waals surface area (Å²) in [6, 6.07) is 11.7. The standard InChI is InChI=1S/C20H18N4O5S/c1-28-16-9-7-13(11-17(16)29-2)12-19-22-23-20(30-19)21-18(25)10-8-14-5-3-4-6-15(14)24(26)27/h3-11H,12H2,1-2H3,(H,21,23,25)/b10-8+. The summed E-state index contributed by atoms with van der Waals surface area (Å²) in [7, 11) is 3.14. The van der Waals surface area contributed by atoms with Crippen LogP contribution in [0.2, 0.25) is 0 Å². The van der Waals surface area contributed by atoms with Crippen molar-refractivity contribution < 1.29 is 19.2 Å². The monoisotopic (exact) mass is 426 g/mol. The van der Waals surface area contributed by atoms with Crippen molar-refractivity contribution in [2.75, 3.05) is 19.5 Å². The molecule has 0 aliphatic carbocycles. The van der Waals surface area contributed by atoms with Crippen LogP contribution < -0.4 is 14.8 Å². The first-order chi connectivity index (χ1) is 14.5. The minimum absolute atomic E-state index is 0.0744. The average molecular weight is 426 g/mol. The maximum atomic E-state index is 12.1. The Balaban J connectivity index is 1.64. The maximum Gasteiger partial charge on any atom is 0.276 e. The summed E-state index contributed by atoms with van der Waals surface area (Å²) >= 11 is 1.24. The van der Waals surface area contributed by atoms with Crippen LogP contribution in [0, 0.1) is 10.1 Å². The van der Waals surface area contributed by atoms with Crippen LogP contribution >= 0.6 is 11.3 Å². The Morgan fingerprint density at radius 2 is 1.93 bits per heavy atom. The van der Waals surface area contributed by atoms with Gasteiger partial charge in [-0.25, -0.2) is 0 Å². The van der Waals surface area contributed by atoms with Gasteiger partial charge in [0.05, 0.1) is 24.7 Å². The van der Waals surface area contributed by atoms with Gasteiger partial charge in [0.25, 0.3) is 5.69 Å². The highest BCUT2D eigenvalue weighted by molar-refractivity contribution is 7.15. The number of aromatic nitrogens is 2. The quantitative estimate of drug-likeness (QED) is 0.331. The number of carbonyl (C=O) groups is 1. The van der Waals surface area contributed by atoms with Gasteiger partial charge in [-0.1, -0.05) is 29.5 Å². The van der Waals surface area contributed by atoms with E-state index in [0.717, 1.165) is 5.56 Å². The second-order valence-electron chi connectivity index (χ2n) is 6.01. The molecular weight excluding hydrogens is 408 g/mol. The number of rotatable bonds is 8. The highest BCUT2D eigenvalue weighted by Gasteiger charge is 2.12. The van der Waals surface area contributed by atoms with Crippen molar-refractivity contribution in [1.29, 1.82) is 0 Å². The van der Waals surface area contributed by atoms with Crippen LogP contribution in [0.1, 0.15) is 16.1 Å². The number of nitro groups is 1. The van der Waals surface area contributed by atoms with Crippen molar-refractivity contribution in [3.8, 4) is 11.5 Å². The van der Waals surface area contributed by atoms with Crippen LogP contribution in [0.4, 0.5) is 10.8 Å². The second kappa shape index (κ2) is 9.61. The zero-order chi connectivity index (χ0) is 21.5. The fraction of sp³-hybridized carbons (Fsp3) is 0.150. The third-order valence-electron chi connectivity index (χ3n) is 4.05. The third-order valence-corrected chi connectivity index (χ3v) is 4.89. The number of methoxy groups -OCH3 is 2. The van der Waals surface area contributed by atoms with Crippen molar-refractivity contribution in [2.24, 2.45) is 0 Å². The van der Waals surface area contributed by atoms with Gasteiger partial charge in [-0.2, -0.15) is 0 Å². The lowest BCUT2D eigenvalue weighted by molar-refractivity contribution is -0.385. The number of hydrogen-bond acceptors (Lipinski definition) is 8. The number of nitrogens with one attached hydrogen (secondary N) is 1. The molecule has 0 bridgehead atoms. The van der Waals surface area contributed by atoms with Gasteiger partial charge in [0.2, 0.25) is 11.0 Å². The minimum atomic E-state index is -0.497. The molecule has 0 radical (unpaired) electrons. The van der Waals surface area contributed by atoms with E-state index in [2.05, 4.69) is 15.5 Å². The van der Waals surface area contributed by atoms with Gasteiger partial charge in [-0.15, -0.1) is 10.2 Å². The second-order valence-corrected chi connectivity index (χ2v) is 7.07. The molecule has 3 rings (SSSR count). The van der Waals surface area contributed by atoms with Crippen LogP contribution in [0.25, 0.3) is 6.08 Å². The van der Waals surface area contributed by atoms with Gasteiger partial charge in [0.1, 0.15) is 5.01 Å². The summed E-state index contributed by atoms with van der Waals surface area (Å²) in [5.74, 6) is 0.798. The summed E-state index contributed by atoms with van der Waals surface area (Å²) < 4.78 is 10.5. The Kier molecular flexibility index (Phi) is 6.71. The smallest absolute Gasteiger partial charge is 0.276 e. The molecule has 0 atom stereocenters. The van der Waals surface area contributed by atoms with E-state index >= 15 is 0 Å². The molecule has 3 aromatic rings. The van der Waals surface area contributed by atoms with Gasteiger partial charge >= 0.3 is 0 Å². The van der Waals surface area contributed by atoms with Crippen molar-refractivity contribution in [3.05, 3.63) is 74.8 Å². The molecule has 0 saturated heterocycles. The van der Waals surface area contributed by atoms with E-state index in [9.17, 15) is 14.9 Å². The average Bonchev–Trinajstić information content (AvgIpc) is 3.18. The number of nitrogens with zero attached hydrogens (tertiary/aromatic N) is 3. The summed E-state index contributed by atoms with van der Waals surface area (Å²) in [5.41, 5.74) is 1.22. The van der Waals surface area contributed by atoms with E-state index in [4.69, 9.17) is 9.47 Å². The molecule has 1 heterocycles. The molecule has 1 N–H and O–H groups in total. The summed E-state index contributed by atoms with van der Waals surface area (Å²) in [4.78, 5) is 22.7. The zero-order valence-electron chi connectivity index (χ0n) is 16.2. The molecule has 0 saturated carbocycles. The molecule has 1 aromatic heterocycles. The maximum absolute atomic E-state index is 12.1. The van der Waals surface area contributed by atoms with E-state index in [0.29, 0.717) is 33.6 Å². The van der Waals surface area contributed by atoms with Crippen LogP contribution in [-0.2, 0) is 11.2 Å². The van der Waals surface area contributed by atoms with E-state index < -0.39 is 10.8 Å². The summed E-state index contributed by atoms with van der Waals surface area (Å²) in [5, 5.41) is 22.7. The Morgan fingerprint density at radius 1 is 1.17 bits per heavy atom. The molecule has 0 aliphatic rings. The number of carbonyl (C=O) groups excluding carboxylic acids is 1. The number of nitro benzene ring substituents is 1. The fourth-order valence-corrected chi connectivity index (χ4v) is 3.42. The molecule has 0 fully saturated rings. The summed E-state index contributed by atoms with van der Waals surface area (Å²) in [6.07, 6.45) is 3.12. The van der Waals surface area contributed by atoms with E-state index in [1.54, 1.807) is 32.4 Å². The Bertz CT molecular complexity index is 1100. The Hall–Kier alpha value is -3.79. The van der Waals surface area contributed by atoms with Crippen LogP contribution in [0.5, 0.6) is 11.5 Å². The van der Waals surface area contributed by atoms with Gasteiger partial charge < -0.3 is 9.47 Å². The number of benzene rings is 2. The van der Waals surface area contributed by atoms with E-state index in [1.165, 1.54) is 29.6 Å². The molecule has 0 unspecified atom stereocenters. The van der Waals surface area contributed by atoms with Gasteiger partial charge in [0.15, 0.2) is 11.5 Å². The molecule has 9 nitrogen and oxygen atoms in total. The van der Waals surface area contributed by atoms with Crippen molar-refractivity contribution in [1.82, 2.24) is 10.2 Å².